The molecule has 0 aliphatic carbocycles. The Morgan fingerprint density at radius 3 is 1.20 bits per heavy atom. The lowest BCUT2D eigenvalue weighted by Crippen LogP contribution is -2.05. The number of ether oxygens (including phenoxy) is 4. The molecule has 7 aromatic carbocycles. The largest absolute Gasteiger partial charge is 0.489 e. The predicted octanol–water partition coefficient (Wildman–Crippen LogP) is 9.86. The molecule has 7 aromatic rings. The average molecular weight is 659 g/mol. The summed E-state index contributed by atoms with van der Waals surface area (Å²) >= 11 is 0. The molecule has 0 aromatic heterocycles. The van der Waals surface area contributed by atoms with Crippen LogP contribution in [-0.2, 0) is 35.9 Å². The first kappa shape index (κ1) is 32.2. The van der Waals surface area contributed by atoms with Gasteiger partial charge in [0.25, 0.3) is 0 Å². The summed E-state index contributed by atoms with van der Waals surface area (Å²) in [7, 11) is 0. The van der Waals surface area contributed by atoms with Crippen molar-refractivity contribution in [2.24, 2.45) is 0 Å². The molecule has 0 unspecified atom stereocenters. The molecule has 0 aliphatic rings. The highest BCUT2D eigenvalue weighted by Crippen LogP contribution is 2.26. The van der Waals surface area contributed by atoms with Crippen LogP contribution in [-0.4, -0.2) is 11.9 Å². The van der Waals surface area contributed by atoms with E-state index in [1.807, 2.05) is 146 Å². The first-order chi connectivity index (χ1) is 24.6. The SMILES string of the molecule is O=C(OCc1ccccc1)c1ccc2cc(OCc3ccccc3COc3ccc4cc(C(=O)OCc5ccccc5)ccc4c3)ccc2c1. The van der Waals surface area contributed by atoms with E-state index in [0.29, 0.717) is 24.3 Å². The molecule has 0 fully saturated rings. The summed E-state index contributed by atoms with van der Waals surface area (Å²) in [5.74, 6) is 0.741. The van der Waals surface area contributed by atoms with Crippen LogP contribution in [0.1, 0.15) is 43.0 Å². The molecule has 0 atom stereocenters. The molecule has 7 rings (SSSR count). The van der Waals surface area contributed by atoms with E-state index in [1.54, 1.807) is 12.1 Å². The maximum Gasteiger partial charge on any atom is 0.338 e. The Morgan fingerprint density at radius 2 is 0.760 bits per heavy atom. The molecule has 0 aliphatic heterocycles. The summed E-state index contributed by atoms with van der Waals surface area (Å²) in [5, 5.41) is 3.78. The second-order valence-electron chi connectivity index (χ2n) is 11.9. The van der Waals surface area contributed by atoms with Crippen LogP contribution in [0, 0.1) is 0 Å². The minimum Gasteiger partial charge on any atom is -0.489 e. The van der Waals surface area contributed by atoms with Gasteiger partial charge < -0.3 is 18.9 Å². The Kier molecular flexibility index (Phi) is 9.79. The number of esters is 2. The molecule has 0 N–H and O–H groups in total. The first-order valence-corrected chi connectivity index (χ1v) is 16.4. The van der Waals surface area contributed by atoms with Crippen molar-refractivity contribution in [3.63, 3.8) is 0 Å². The number of carbonyl (C=O) groups is 2. The third kappa shape index (κ3) is 8.00. The Balaban J connectivity index is 0.947. The van der Waals surface area contributed by atoms with E-state index in [-0.39, 0.29) is 25.2 Å². The maximum absolute atomic E-state index is 12.6. The smallest absolute Gasteiger partial charge is 0.338 e. The third-order valence-electron chi connectivity index (χ3n) is 8.43. The van der Waals surface area contributed by atoms with Gasteiger partial charge in [0, 0.05) is 0 Å². The van der Waals surface area contributed by atoms with Crippen LogP contribution in [0.2, 0.25) is 0 Å². The van der Waals surface area contributed by atoms with Crippen LogP contribution < -0.4 is 9.47 Å². The number of rotatable bonds is 12. The molecule has 0 heterocycles. The molecular formula is C44H34O6. The number of carbonyl (C=O) groups excluding carboxylic acids is 2. The van der Waals surface area contributed by atoms with Crippen molar-refractivity contribution in [3.8, 4) is 11.5 Å². The van der Waals surface area contributed by atoms with Gasteiger partial charge in [-0.3, -0.25) is 0 Å². The fourth-order valence-corrected chi connectivity index (χ4v) is 5.66. The standard InChI is InChI=1S/C44H34O6/c45-43(49-27-31-9-3-1-4-10-31)37-17-15-35-25-41(21-19-33(35)23-37)47-29-39-13-7-8-14-40(39)30-48-42-22-20-34-24-38(18-16-36(34)26-42)44(46)50-28-32-11-5-2-6-12-32/h1-26H,27-30H2. The highest BCUT2D eigenvalue weighted by molar-refractivity contribution is 5.96. The fourth-order valence-electron chi connectivity index (χ4n) is 5.66. The monoisotopic (exact) mass is 658 g/mol. The molecule has 246 valence electrons. The summed E-state index contributed by atoms with van der Waals surface area (Å²) in [5.41, 5.74) is 4.94. The molecule has 0 amide bonds. The van der Waals surface area contributed by atoms with Crippen LogP contribution in [0.15, 0.2) is 158 Å². The summed E-state index contributed by atoms with van der Waals surface area (Å²) in [4.78, 5) is 25.3. The predicted molar refractivity (Wildman–Crippen MR) is 194 cm³/mol. The van der Waals surface area contributed by atoms with Crippen LogP contribution in [0.4, 0.5) is 0 Å². The molecule has 6 nitrogen and oxygen atoms in total. The highest BCUT2D eigenvalue weighted by atomic mass is 16.5. The lowest BCUT2D eigenvalue weighted by molar-refractivity contribution is 0.0464. The minimum absolute atomic E-state index is 0.232. The van der Waals surface area contributed by atoms with Crippen LogP contribution in [0.5, 0.6) is 11.5 Å². The summed E-state index contributed by atoms with van der Waals surface area (Å²) in [6.45, 7) is 1.21. The van der Waals surface area contributed by atoms with Gasteiger partial charge in [-0.1, -0.05) is 109 Å². The maximum atomic E-state index is 12.6. The van der Waals surface area contributed by atoms with E-state index in [1.165, 1.54) is 0 Å². The van der Waals surface area contributed by atoms with Crippen molar-refractivity contribution in [1.82, 2.24) is 0 Å². The number of benzene rings is 7. The van der Waals surface area contributed by atoms with E-state index in [0.717, 1.165) is 55.3 Å². The van der Waals surface area contributed by atoms with Crippen molar-refractivity contribution in [1.29, 1.82) is 0 Å². The Bertz CT molecular complexity index is 2100. The molecule has 0 spiro atoms. The number of hydrogen-bond acceptors (Lipinski definition) is 6. The van der Waals surface area contributed by atoms with E-state index < -0.39 is 0 Å². The zero-order valence-corrected chi connectivity index (χ0v) is 27.3. The Hall–Kier alpha value is -6.40. The van der Waals surface area contributed by atoms with E-state index in [9.17, 15) is 9.59 Å². The van der Waals surface area contributed by atoms with Gasteiger partial charge in [-0.2, -0.15) is 0 Å². The molecule has 0 saturated heterocycles. The molecule has 0 saturated carbocycles. The van der Waals surface area contributed by atoms with Gasteiger partial charge in [-0.25, -0.2) is 9.59 Å². The molecule has 6 heteroatoms. The van der Waals surface area contributed by atoms with Crippen molar-refractivity contribution in [3.05, 3.63) is 191 Å². The summed E-state index contributed by atoms with van der Waals surface area (Å²) in [6, 6.07) is 50.0. The number of fused-ring (bicyclic) bond motifs is 2. The van der Waals surface area contributed by atoms with Crippen molar-refractivity contribution >= 4 is 33.5 Å². The Morgan fingerprint density at radius 1 is 0.380 bits per heavy atom. The van der Waals surface area contributed by atoms with Crippen LogP contribution in [0.3, 0.4) is 0 Å². The van der Waals surface area contributed by atoms with Gasteiger partial charge in [-0.05, 0) is 92.3 Å². The van der Waals surface area contributed by atoms with Gasteiger partial charge in [0.1, 0.15) is 37.9 Å². The van der Waals surface area contributed by atoms with Crippen molar-refractivity contribution in [2.75, 3.05) is 0 Å². The second-order valence-corrected chi connectivity index (χ2v) is 11.9. The van der Waals surface area contributed by atoms with Gasteiger partial charge >= 0.3 is 11.9 Å². The topological polar surface area (TPSA) is 71.1 Å². The van der Waals surface area contributed by atoms with Crippen LogP contribution in [0.25, 0.3) is 21.5 Å². The normalized spacial score (nSPS) is 10.9. The fraction of sp³-hybridized carbons (Fsp3) is 0.0909. The number of hydrogen-bond donors (Lipinski definition) is 0. The van der Waals surface area contributed by atoms with E-state index in [2.05, 4.69) is 0 Å². The molecule has 50 heavy (non-hydrogen) atoms. The van der Waals surface area contributed by atoms with Crippen molar-refractivity contribution < 1.29 is 28.5 Å². The Labute approximate surface area is 290 Å². The second kappa shape index (κ2) is 15.2. The van der Waals surface area contributed by atoms with Gasteiger partial charge in [-0.15, -0.1) is 0 Å². The minimum atomic E-state index is -0.357. The highest BCUT2D eigenvalue weighted by Gasteiger charge is 2.12. The molecule has 0 radical (unpaired) electrons. The molecule has 0 bridgehead atoms. The first-order valence-electron chi connectivity index (χ1n) is 16.4. The zero-order chi connectivity index (χ0) is 34.1. The van der Waals surface area contributed by atoms with Gasteiger partial charge in [0.15, 0.2) is 0 Å². The zero-order valence-electron chi connectivity index (χ0n) is 27.3. The molecular weight excluding hydrogens is 624 g/mol. The summed E-state index contributed by atoms with van der Waals surface area (Å²) < 4.78 is 23.4. The van der Waals surface area contributed by atoms with Crippen LogP contribution >= 0.6 is 0 Å². The van der Waals surface area contributed by atoms with E-state index >= 15 is 0 Å². The lowest BCUT2D eigenvalue weighted by Gasteiger charge is -2.13. The quantitative estimate of drug-likeness (QED) is 0.122. The lowest BCUT2D eigenvalue weighted by atomic mass is 10.1. The average Bonchev–Trinajstić information content (AvgIpc) is 3.18. The van der Waals surface area contributed by atoms with E-state index in [4.69, 9.17) is 18.9 Å². The van der Waals surface area contributed by atoms with Crippen molar-refractivity contribution in [2.45, 2.75) is 26.4 Å². The summed E-state index contributed by atoms with van der Waals surface area (Å²) in [6.07, 6.45) is 0. The van der Waals surface area contributed by atoms with Gasteiger partial charge in [0.2, 0.25) is 0 Å². The third-order valence-corrected chi connectivity index (χ3v) is 8.43. The van der Waals surface area contributed by atoms with Gasteiger partial charge in [0.05, 0.1) is 11.1 Å².